The Hall–Kier alpha value is -0.920. The van der Waals surface area contributed by atoms with E-state index >= 15 is 0 Å². The molecule has 1 aromatic heterocycles. The lowest BCUT2D eigenvalue weighted by molar-refractivity contribution is 0.0465. The van der Waals surface area contributed by atoms with E-state index in [1.54, 1.807) is 6.20 Å². The molecule has 0 aromatic carbocycles. The zero-order chi connectivity index (χ0) is 13.1. The number of aryl methyl sites for hydroxylation is 1. The van der Waals surface area contributed by atoms with Crippen LogP contribution >= 0.6 is 15.9 Å². The second-order valence-electron chi connectivity index (χ2n) is 4.14. The first kappa shape index (κ1) is 13.5. The molecule has 2 heterocycles. The topological polar surface area (TPSA) is 73.4 Å². The number of hydrogen-bond acceptors (Lipinski definition) is 5. The van der Waals surface area contributed by atoms with Crippen LogP contribution in [-0.4, -0.2) is 42.1 Å². The maximum absolute atomic E-state index is 12.0. The van der Waals surface area contributed by atoms with Crippen LogP contribution in [0.25, 0.3) is 0 Å². The van der Waals surface area contributed by atoms with E-state index < -0.39 is 0 Å². The number of nitrogens with two attached hydrogens (primary N) is 1. The lowest BCUT2D eigenvalue weighted by Gasteiger charge is -2.34. The molecule has 1 fully saturated rings. The quantitative estimate of drug-likeness (QED) is 0.861. The van der Waals surface area contributed by atoms with Gasteiger partial charge in [-0.25, -0.2) is 4.68 Å². The fourth-order valence-corrected chi connectivity index (χ4v) is 2.54. The highest BCUT2D eigenvalue weighted by atomic mass is 79.9. The summed E-state index contributed by atoms with van der Waals surface area (Å²) in [6.45, 7) is 4.98. The van der Waals surface area contributed by atoms with Gasteiger partial charge in [-0.3, -0.25) is 4.79 Å². The number of nitrogens with zero attached hydrogens (tertiary/aromatic N) is 3. The first-order valence-corrected chi connectivity index (χ1v) is 6.79. The van der Waals surface area contributed by atoms with Gasteiger partial charge in [0.25, 0.3) is 5.56 Å². The molecule has 1 aliphatic rings. The van der Waals surface area contributed by atoms with Gasteiger partial charge in [0.05, 0.1) is 24.6 Å². The normalized spacial score (nSPS) is 20.2. The molecule has 0 radical (unpaired) electrons. The van der Waals surface area contributed by atoms with E-state index in [1.807, 2.05) is 6.92 Å². The highest BCUT2D eigenvalue weighted by Gasteiger charge is 2.22. The molecule has 2 rings (SSSR count). The van der Waals surface area contributed by atoms with Crippen LogP contribution in [0.3, 0.4) is 0 Å². The number of halogens is 1. The molecule has 1 atom stereocenters. The number of ether oxygens (including phenoxy) is 1. The average Bonchev–Trinajstić information content (AvgIpc) is 2.42. The molecule has 0 bridgehead atoms. The van der Waals surface area contributed by atoms with Crippen molar-refractivity contribution in [2.75, 3.05) is 31.1 Å². The van der Waals surface area contributed by atoms with E-state index in [4.69, 9.17) is 10.5 Å². The number of anilines is 1. The minimum Gasteiger partial charge on any atom is -0.373 e. The molecule has 1 saturated heterocycles. The summed E-state index contributed by atoms with van der Waals surface area (Å²) in [4.78, 5) is 14.1. The van der Waals surface area contributed by atoms with Gasteiger partial charge in [-0.05, 0) is 22.9 Å². The summed E-state index contributed by atoms with van der Waals surface area (Å²) in [5, 5.41) is 4.14. The Kier molecular flexibility index (Phi) is 4.36. The molecule has 6 nitrogen and oxygen atoms in total. The van der Waals surface area contributed by atoms with Crippen molar-refractivity contribution in [3.63, 3.8) is 0 Å². The first-order chi connectivity index (χ1) is 8.67. The molecule has 1 aliphatic heterocycles. The molecule has 18 heavy (non-hydrogen) atoms. The molecule has 1 aromatic rings. The van der Waals surface area contributed by atoms with Crippen molar-refractivity contribution in [2.24, 2.45) is 5.73 Å². The standard InChI is InChI=1S/C11H17BrN4O2/c1-2-16-11(17)10(12)9(6-14-16)15-3-4-18-8(5-13)7-15/h6,8H,2-5,7,13H2,1H3. The van der Waals surface area contributed by atoms with Crippen molar-refractivity contribution in [1.29, 1.82) is 0 Å². The van der Waals surface area contributed by atoms with Crippen LogP contribution < -0.4 is 16.2 Å². The smallest absolute Gasteiger partial charge is 0.283 e. The lowest BCUT2D eigenvalue weighted by atomic mass is 10.2. The van der Waals surface area contributed by atoms with E-state index in [0.717, 1.165) is 12.2 Å². The first-order valence-electron chi connectivity index (χ1n) is 5.99. The summed E-state index contributed by atoms with van der Waals surface area (Å²) in [6.07, 6.45) is 1.73. The molecule has 1 unspecified atom stereocenters. The van der Waals surface area contributed by atoms with Crippen LogP contribution in [0.4, 0.5) is 5.69 Å². The SMILES string of the molecule is CCn1ncc(N2CCOC(CN)C2)c(Br)c1=O. The monoisotopic (exact) mass is 316 g/mol. The van der Waals surface area contributed by atoms with Gasteiger partial charge in [-0.15, -0.1) is 0 Å². The zero-order valence-electron chi connectivity index (χ0n) is 10.3. The van der Waals surface area contributed by atoms with E-state index in [2.05, 4.69) is 25.9 Å². The summed E-state index contributed by atoms with van der Waals surface area (Å²) in [5.74, 6) is 0. The minimum absolute atomic E-state index is 0.0132. The van der Waals surface area contributed by atoms with E-state index in [0.29, 0.717) is 30.7 Å². The van der Waals surface area contributed by atoms with Gasteiger partial charge in [0, 0.05) is 26.2 Å². The Morgan fingerprint density at radius 3 is 3.11 bits per heavy atom. The maximum atomic E-state index is 12.0. The summed E-state index contributed by atoms with van der Waals surface area (Å²) in [6, 6.07) is 0. The summed E-state index contributed by atoms with van der Waals surface area (Å²) < 4.78 is 7.49. The molecule has 100 valence electrons. The molecule has 7 heteroatoms. The van der Waals surface area contributed by atoms with Gasteiger partial charge < -0.3 is 15.4 Å². The third-order valence-corrected chi connectivity index (χ3v) is 3.75. The fraction of sp³-hybridized carbons (Fsp3) is 0.636. The van der Waals surface area contributed by atoms with Crippen LogP contribution in [0.5, 0.6) is 0 Å². The van der Waals surface area contributed by atoms with Gasteiger partial charge in [0.15, 0.2) is 0 Å². The Balaban J connectivity index is 2.28. The Morgan fingerprint density at radius 1 is 1.67 bits per heavy atom. The fourth-order valence-electron chi connectivity index (χ4n) is 1.98. The minimum atomic E-state index is -0.106. The Labute approximate surface area is 114 Å². The van der Waals surface area contributed by atoms with Gasteiger partial charge in [-0.1, -0.05) is 0 Å². The van der Waals surface area contributed by atoms with Crippen molar-refractivity contribution in [3.05, 3.63) is 21.0 Å². The highest BCUT2D eigenvalue weighted by Crippen LogP contribution is 2.23. The van der Waals surface area contributed by atoms with Gasteiger partial charge >= 0.3 is 0 Å². The number of aromatic nitrogens is 2. The molecule has 0 amide bonds. The average molecular weight is 317 g/mol. The third kappa shape index (κ3) is 2.57. The summed E-state index contributed by atoms with van der Waals surface area (Å²) in [5.41, 5.74) is 6.32. The molecule has 0 saturated carbocycles. The van der Waals surface area contributed by atoms with Gasteiger partial charge in [-0.2, -0.15) is 5.10 Å². The third-order valence-electron chi connectivity index (χ3n) is 3.01. The van der Waals surface area contributed by atoms with Crippen molar-refractivity contribution in [1.82, 2.24) is 9.78 Å². The predicted octanol–water partition coefficient (Wildman–Crippen LogP) is 0.190. The predicted molar refractivity (Wildman–Crippen MR) is 72.9 cm³/mol. The lowest BCUT2D eigenvalue weighted by Crippen LogP contribution is -2.46. The highest BCUT2D eigenvalue weighted by molar-refractivity contribution is 9.10. The second kappa shape index (κ2) is 5.81. The maximum Gasteiger partial charge on any atom is 0.283 e. The molecular formula is C11H17BrN4O2. The van der Waals surface area contributed by atoms with E-state index in [-0.39, 0.29) is 11.7 Å². The molecule has 2 N–H and O–H groups in total. The summed E-state index contributed by atoms with van der Waals surface area (Å²) >= 11 is 3.36. The van der Waals surface area contributed by atoms with Crippen molar-refractivity contribution in [3.8, 4) is 0 Å². The molecular weight excluding hydrogens is 300 g/mol. The van der Waals surface area contributed by atoms with E-state index in [9.17, 15) is 4.79 Å². The number of rotatable bonds is 3. The van der Waals surface area contributed by atoms with Gasteiger partial charge in [0.1, 0.15) is 4.47 Å². The van der Waals surface area contributed by atoms with Crippen molar-refractivity contribution < 1.29 is 4.74 Å². The number of hydrogen-bond donors (Lipinski definition) is 1. The van der Waals surface area contributed by atoms with Gasteiger partial charge in [0.2, 0.25) is 0 Å². The van der Waals surface area contributed by atoms with Crippen LogP contribution in [0.2, 0.25) is 0 Å². The Morgan fingerprint density at radius 2 is 2.44 bits per heavy atom. The van der Waals surface area contributed by atoms with Crippen LogP contribution in [-0.2, 0) is 11.3 Å². The molecule has 0 aliphatic carbocycles. The number of morpholine rings is 1. The Bertz CT molecular complexity index is 477. The zero-order valence-corrected chi connectivity index (χ0v) is 11.9. The van der Waals surface area contributed by atoms with Crippen LogP contribution in [0.1, 0.15) is 6.92 Å². The van der Waals surface area contributed by atoms with Crippen LogP contribution in [0.15, 0.2) is 15.5 Å². The largest absolute Gasteiger partial charge is 0.373 e. The molecule has 0 spiro atoms. The second-order valence-corrected chi connectivity index (χ2v) is 4.93. The van der Waals surface area contributed by atoms with Crippen LogP contribution in [0, 0.1) is 0 Å². The van der Waals surface area contributed by atoms with Crippen molar-refractivity contribution in [2.45, 2.75) is 19.6 Å². The van der Waals surface area contributed by atoms with Crippen molar-refractivity contribution >= 4 is 21.6 Å². The summed E-state index contributed by atoms with van der Waals surface area (Å²) in [7, 11) is 0. The van der Waals surface area contributed by atoms with E-state index in [1.165, 1.54) is 4.68 Å².